The molecular weight excluding hydrogens is 644 g/mol. The molecule has 0 atom stereocenters. The van der Waals surface area contributed by atoms with Gasteiger partial charge in [0, 0.05) is 20.1 Å². The van der Waals surface area contributed by atoms with Crippen molar-refractivity contribution in [3.8, 4) is 12.1 Å². The van der Waals surface area contributed by atoms with Gasteiger partial charge in [0.15, 0.2) is 0 Å². The van der Waals surface area contributed by atoms with Crippen molar-refractivity contribution >= 4 is 94.2 Å². The Morgan fingerprint density at radius 2 is 1.36 bits per heavy atom. The van der Waals surface area contributed by atoms with Gasteiger partial charge in [-0.15, -0.1) is 34.4 Å². The van der Waals surface area contributed by atoms with Gasteiger partial charge in [0.05, 0.1) is 15.6 Å². The molecule has 0 aliphatic heterocycles. The fourth-order valence-electron chi connectivity index (χ4n) is 3.32. The number of anilines is 3. The van der Waals surface area contributed by atoms with Crippen LogP contribution in [0.4, 0.5) is 16.4 Å². The van der Waals surface area contributed by atoms with Crippen LogP contribution in [0, 0.1) is 22.7 Å². The average molecular weight is 658 g/mol. The largest absolute Gasteiger partial charge is 0.396 e. The number of nitrogens with zero attached hydrogens (tertiary/aromatic N) is 2. The second-order valence-corrected chi connectivity index (χ2v) is 12.2. The number of rotatable bonds is 7. The summed E-state index contributed by atoms with van der Waals surface area (Å²) in [5.74, 6) is -0.586. The summed E-state index contributed by atoms with van der Waals surface area (Å²) in [4.78, 5) is 27.1. The van der Waals surface area contributed by atoms with Crippen LogP contribution in [0.5, 0.6) is 0 Å². The summed E-state index contributed by atoms with van der Waals surface area (Å²) in [6.07, 6.45) is 1.82. The summed E-state index contributed by atoms with van der Waals surface area (Å²) < 4.78 is 2.32. The van der Waals surface area contributed by atoms with Crippen LogP contribution < -0.4 is 11.1 Å². The van der Waals surface area contributed by atoms with Crippen molar-refractivity contribution in [2.24, 2.45) is 0 Å². The minimum Gasteiger partial charge on any atom is -0.396 e. The zero-order valence-corrected chi connectivity index (χ0v) is 24.0. The highest BCUT2D eigenvalue weighted by Crippen LogP contribution is 2.44. The average Bonchev–Trinajstić information content (AvgIpc) is 3.40. The second kappa shape index (κ2) is 11.0. The number of nitrogens with one attached hydrogen (secondary N) is 1. The van der Waals surface area contributed by atoms with Gasteiger partial charge < -0.3 is 11.1 Å². The molecule has 0 radical (unpaired) electrons. The van der Waals surface area contributed by atoms with Crippen molar-refractivity contribution in [3.05, 3.63) is 89.5 Å². The maximum absolute atomic E-state index is 13.4. The van der Waals surface area contributed by atoms with Crippen molar-refractivity contribution in [1.29, 1.82) is 10.5 Å². The molecule has 4 rings (SSSR count). The van der Waals surface area contributed by atoms with E-state index in [2.05, 4.69) is 49.3 Å². The van der Waals surface area contributed by atoms with E-state index in [0.29, 0.717) is 36.5 Å². The predicted octanol–water partition coefficient (Wildman–Crippen LogP) is 7.59. The van der Waals surface area contributed by atoms with E-state index >= 15 is 0 Å². The summed E-state index contributed by atoms with van der Waals surface area (Å²) >= 11 is 10.3. The fourth-order valence-corrected chi connectivity index (χ4v) is 6.73. The molecule has 11 heteroatoms. The molecule has 2 heterocycles. The summed E-state index contributed by atoms with van der Waals surface area (Å²) in [5.41, 5.74) is 7.83. The number of hydrogen-bond acceptors (Lipinski definition) is 9. The van der Waals surface area contributed by atoms with Crippen molar-refractivity contribution in [1.82, 2.24) is 0 Å². The Bertz CT molecular complexity index is 1580. The molecule has 0 fully saturated rings. The summed E-state index contributed by atoms with van der Waals surface area (Å²) in [5, 5.41) is 23.1. The molecule has 3 N–H and O–H groups in total. The highest BCUT2D eigenvalue weighted by Gasteiger charge is 2.28. The number of ketones is 2. The van der Waals surface area contributed by atoms with Gasteiger partial charge in [0.25, 0.3) is 0 Å². The van der Waals surface area contributed by atoms with Gasteiger partial charge in [0.2, 0.25) is 11.6 Å². The van der Waals surface area contributed by atoms with Crippen LogP contribution >= 0.6 is 66.3 Å². The molecule has 0 saturated carbocycles. The summed E-state index contributed by atoms with van der Waals surface area (Å²) in [6, 6.07) is 18.0. The van der Waals surface area contributed by atoms with Crippen LogP contribution in [-0.2, 0) is 0 Å². The molecule has 0 aliphatic carbocycles. The van der Waals surface area contributed by atoms with Crippen LogP contribution in [0.2, 0.25) is 0 Å². The third-order valence-electron chi connectivity index (χ3n) is 5.09. The topological polar surface area (TPSA) is 120 Å². The van der Waals surface area contributed by atoms with E-state index in [-0.39, 0.29) is 27.7 Å². The van der Waals surface area contributed by atoms with Crippen LogP contribution in [0.15, 0.2) is 61.7 Å². The lowest BCUT2D eigenvalue weighted by Crippen LogP contribution is -2.03. The predicted molar refractivity (Wildman–Crippen MR) is 153 cm³/mol. The molecule has 0 unspecified atom stereocenters. The van der Waals surface area contributed by atoms with Gasteiger partial charge >= 0.3 is 0 Å². The van der Waals surface area contributed by atoms with E-state index in [1.54, 1.807) is 48.5 Å². The summed E-state index contributed by atoms with van der Waals surface area (Å²) in [7, 11) is 0. The summed E-state index contributed by atoms with van der Waals surface area (Å²) in [6.45, 7) is 0. The Labute approximate surface area is 236 Å². The molecule has 0 spiro atoms. The minimum absolute atomic E-state index is 0.0533. The Morgan fingerprint density at radius 1 is 0.861 bits per heavy atom. The molecule has 0 amide bonds. The van der Waals surface area contributed by atoms with E-state index in [1.165, 1.54) is 23.1 Å². The molecular formula is C25H14Br2N4O2S3. The maximum atomic E-state index is 13.4. The van der Waals surface area contributed by atoms with Gasteiger partial charge in [-0.25, -0.2) is 0 Å². The van der Waals surface area contributed by atoms with E-state index in [4.69, 9.17) is 5.73 Å². The zero-order valence-electron chi connectivity index (χ0n) is 18.4. The zero-order chi connectivity index (χ0) is 26.0. The molecule has 4 aromatic rings. The Hall–Kier alpha value is -2.93. The number of nitriles is 2. The van der Waals surface area contributed by atoms with E-state index in [0.717, 1.165) is 20.3 Å². The minimum atomic E-state index is -0.323. The van der Waals surface area contributed by atoms with Crippen molar-refractivity contribution in [2.75, 3.05) is 17.3 Å². The number of nitrogen functional groups attached to an aromatic ring is 1. The normalized spacial score (nSPS) is 10.5. The lowest BCUT2D eigenvalue weighted by Gasteiger charge is -2.07. The van der Waals surface area contributed by atoms with Gasteiger partial charge in [-0.3, -0.25) is 9.59 Å². The highest BCUT2D eigenvalue weighted by atomic mass is 79.9. The van der Waals surface area contributed by atoms with Gasteiger partial charge in [-0.05, 0) is 54.8 Å². The number of carbonyl (C=O) groups is 2. The van der Waals surface area contributed by atoms with E-state index in [9.17, 15) is 20.1 Å². The molecule has 0 aliphatic rings. The molecule has 2 aromatic carbocycles. The van der Waals surface area contributed by atoms with Crippen LogP contribution in [0.25, 0.3) is 0 Å². The van der Waals surface area contributed by atoms with Crippen molar-refractivity contribution < 1.29 is 9.59 Å². The third-order valence-corrected chi connectivity index (χ3v) is 9.58. The van der Waals surface area contributed by atoms with E-state index in [1.807, 2.05) is 6.26 Å². The molecule has 36 heavy (non-hydrogen) atoms. The van der Waals surface area contributed by atoms with Crippen LogP contribution in [-0.4, -0.2) is 17.8 Å². The Morgan fingerprint density at radius 3 is 1.83 bits per heavy atom. The standard InChI is InChI=1S/C25H14Br2N4O2S3/c1-34-25-17(11-29)19(23(36-25)21(33)13-4-8-15(27)9-5-13)31-24-16(10-28)18(30)22(35-24)20(32)12-2-6-14(26)7-3-12/h2-9,31H,30H2,1H3. The molecule has 0 saturated heterocycles. The van der Waals surface area contributed by atoms with Gasteiger partial charge in [-0.1, -0.05) is 31.9 Å². The molecule has 0 bridgehead atoms. The van der Waals surface area contributed by atoms with E-state index < -0.39 is 0 Å². The number of thiophene rings is 2. The quantitative estimate of drug-likeness (QED) is 0.155. The smallest absolute Gasteiger partial charge is 0.205 e. The SMILES string of the molecule is CSc1sc(C(=O)c2ccc(Br)cc2)c(Nc2sc(C(=O)c3ccc(Br)cc3)c(N)c2C#N)c1C#N. The Kier molecular flexibility index (Phi) is 7.98. The number of benzene rings is 2. The van der Waals surface area contributed by atoms with Crippen LogP contribution in [0.3, 0.4) is 0 Å². The first-order valence-corrected chi connectivity index (χ1v) is 14.5. The Balaban J connectivity index is 1.81. The van der Waals surface area contributed by atoms with Crippen LogP contribution in [0.1, 0.15) is 41.6 Å². The monoisotopic (exact) mass is 656 g/mol. The first-order chi connectivity index (χ1) is 17.3. The number of nitrogens with two attached hydrogens (primary N) is 1. The molecule has 6 nitrogen and oxygen atoms in total. The lowest BCUT2D eigenvalue weighted by molar-refractivity contribution is 0.103. The van der Waals surface area contributed by atoms with Gasteiger partial charge in [-0.2, -0.15) is 10.5 Å². The first-order valence-electron chi connectivity index (χ1n) is 10.1. The number of carbonyl (C=O) groups excluding carboxylic acids is 2. The molecule has 2 aromatic heterocycles. The second-order valence-electron chi connectivity index (χ2n) is 7.24. The number of thioether (sulfide) groups is 1. The molecule has 178 valence electrons. The lowest BCUT2D eigenvalue weighted by atomic mass is 10.1. The van der Waals surface area contributed by atoms with Crippen molar-refractivity contribution in [2.45, 2.75) is 4.21 Å². The first kappa shape index (κ1) is 26.1. The van der Waals surface area contributed by atoms with Crippen molar-refractivity contribution in [3.63, 3.8) is 0 Å². The highest BCUT2D eigenvalue weighted by molar-refractivity contribution is 9.10. The van der Waals surface area contributed by atoms with Gasteiger partial charge in [0.1, 0.15) is 38.0 Å². The maximum Gasteiger partial charge on any atom is 0.205 e. The number of hydrogen-bond donors (Lipinski definition) is 2. The number of halogens is 2. The third kappa shape index (κ3) is 4.99. The fraction of sp³-hybridized carbons (Fsp3) is 0.0400.